The molecule has 0 bridgehead atoms. The van der Waals surface area contributed by atoms with Crippen LogP contribution in [0.15, 0.2) is 48.5 Å². The number of likely N-dealkylation sites (N-methyl/N-ethyl adjacent to an activating group) is 1. The first kappa shape index (κ1) is 18.2. The normalized spacial score (nSPS) is 23.6. The van der Waals surface area contributed by atoms with Crippen molar-refractivity contribution in [3.63, 3.8) is 0 Å². The van der Waals surface area contributed by atoms with Crippen LogP contribution in [-0.4, -0.2) is 37.3 Å². The Labute approximate surface area is 160 Å². The highest BCUT2D eigenvalue weighted by Crippen LogP contribution is 2.38. The highest BCUT2D eigenvalue weighted by molar-refractivity contribution is 5.86. The minimum absolute atomic E-state index is 0.308. The Bertz CT molecular complexity index is 784. The average Bonchev–Trinajstić information content (AvgIpc) is 2.83. The molecule has 27 heavy (non-hydrogen) atoms. The van der Waals surface area contributed by atoms with Gasteiger partial charge in [0, 0.05) is 17.5 Å². The molecule has 142 valence electrons. The van der Waals surface area contributed by atoms with Crippen LogP contribution in [0, 0.1) is 0 Å². The molecule has 2 aliphatic rings. The number of carbonyl (C=O) groups is 1. The van der Waals surface area contributed by atoms with Gasteiger partial charge < -0.3 is 14.7 Å². The number of esters is 1. The van der Waals surface area contributed by atoms with E-state index in [1.165, 1.54) is 17.7 Å². The van der Waals surface area contributed by atoms with Crippen LogP contribution in [0.4, 0.5) is 0 Å². The fraction of sp³-hybridized carbons (Fsp3) is 0.435. The zero-order valence-corrected chi connectivity index (χ0v) is 15.9. The number of hydrogen-bond donors (Lipinski definition) is 2. The van der Waals surface area contributed by atoms with Crippen molar-refractivity contribution < 1.29 is 19.5 Å². The molecule has 0 spiro atoms. The number of aryl methyl sites for hydroxylation is 2. The van der Waals surface area contributed by atoms with Gasteiger partial charge in [0.05, 0.1) is 13.6 Å². The van der Waals surface area contributed by atoms with Crippen LogP contribution < -0.4 is 4.90 Å². The number of likely N-dealkylation sites (tertiary alicyclic amines) is 1. The van der Waals surface area contributed by atoms with Gasteiger partial charge in [-0.25, -0.2) is 4.79 Å². The fourth-order valence-electron chi connectivity index (χ4n) is 4.57. The Morgan fingerprint density at radius 3 is 2.26 bits per heavy atom. The molecule has 1 heterocycles. The highest BCUT2D eigenvalue weighted by atomic mass is 16.6. The molecular formula is C23H28NO3+. The predicted molar refractivity (Wildman–Crippen MR) is 104 cm³/mol. The summed E-state index contributed by atoms with van der Waals surface area (Å²) in [5, 5.41) is 11.7. The van der Waals surface area contributed by atoms with Gasteiger partial charge in [0.2, 0.25) is 5.60 Å². The molecule has 2 atom stereocenters. The van der Waals surface area contributed by atoms with Crippen molar-refractivity contribution in [1.82, 2.24) is 0 Å². The van der Waals surface area contributed by atoms with Crippen LogP contribution >= 0.6 is 0 Å². The highest BCUT2D eigenvalue weighted by Gasteiger charge is 2.46. The van der Waals surface area contributed by atoms with Crippen LogP contribution in [-0.2, 0) is 28.0 Å². The number of benzene rings is 2. The lowest BCUT2D eigenvalue weighted by Crippen LogP contribution is -3.14. The summed E-state index contributed by atoms with van der Waals surface area (Å²) < 4.78 is 5.75. The zero-order valence-electron chi connectivity index (χ0n) is 15.9. The maximum Gasteiger partial charge on any atom is 0.347 e. The molecule has 2 N–H and O–H groups in total. The Balaban J connectivity index is 1.68. The SMILES string of the molecule is C[NH+]1CCCC[C@@H]1COC(=O)C1(O)c2ccccc2CCc2ccccc21. The third kappa shape index (κ3) is 3.28. The summed E-state index contributed by atoms with van der Waals surface area (Å²) in [5.74, 6) is -0.553. The fourth-order valence-corrected chi connectivity index (χ4v) is 4.57. The van der Waals surface area contributed by atoms with E-state index < -0.39 is 11.6 Å². The topological polar surface area (TPSA) is 51.0 Å². The van der Waals surface area contributed by atoms with Crippen LogP contribution in [0.25, 0.3) is 0 Å². The monoisotopic (exact) mass is 366 g/mol. The minimum Gasteiger partial charge on any atom is -0.457 e. The quantitative estimate of drug-likeness (QED) is 0.812. The van der Waals surface area contributed by atoms with Gasteiger partial charge in [-0.15, -0.1) is 0 Å². The first-order valence-electron chi connectivity index (χ1n) is 9.99. The lowest BCUT2D eigenvalue weighted by molar-refractivity contribution is -0.911. The molecule has 2 aromatic rings. The molecule has 1 aliphatic carbocycles. The first-order valence-corrected chi connectivity index (χ1v) is 9.99. The van der Waals surface area contributed by atoms with E-state index in [4.69, 9.17) is 4.74 Å². The van der Waals surface area contributed by atoms with E-state index in [0.29, 0.717) is 23.8 Å². The number of piperidine rings is 1. The smallest absolute Gasteiger partial charge is 0.347 e. The number of fused-ring (bicyclic) bond motifs is 2. The van der Waals surface area contributed by atoms with Gasteiger partial charge in [-0.2, -0.15) is 0 Å². The second-order valence-corrected chi connectivity index (χ2v) is 7.91. The third-order valence-corrected chi connectivity index (χ3v) is 6.26. The standard InChI is InChI=1S/C23H27NO3/c1-24-15-7-6-10-19(24)16-27-22(25)23(26)20-11-4-2-8-17(20)13-14-18-9-3-5-12-21(18)23/h2-5,8-9,11-12,19,26H,6-7,10,13-16H2,1H3/p+1/t19-/m1/s1. The summed E-state index contributed by atoms with van der Waals surface area (Å²) >= 11 is 0. The molecule has 1 unspecified atom stereocenters. The third-order valence-electron chi connectivity index (χ3n) is 6.26. The molecule has 1 aliphatic heterocycles. The van der Waals surface area contributed by atoms with Crippen molar-refractivity contribution in [2.24, 2.45) is 0 Å². The zero-order chi connectivity index (χ0) is 18.9. The van der Waals surface area contributed by atoms with Crippen molar-refractivity contribution in [2.75, 3.05) is 20.2 Å². The molecule has 0 radical (unpaired) electrons. The van der Waals surface area contributed by atoms with E-state index in [0.717, 1.165) is 36.9 Å². The molecule has 2 aromatic carbocycles. The molecule has 4 nitrogen and oxygen atoms in total. The van der Waals surface area contributed by atoms with Crippen molar-refractivity contribution in [1.29, 1.82) is 0 Å². The van der Waals surface area contributed by atoms with Gasteiger partial charge in [-0.1, -0.05) is 48.5 Å². The molecule has 1 fully saturated rings. The number of aliphatic hydroxyl groups is 1. The maximum absolute atomic E-state index is 13.3. The van der Waals surface area contributed by atoms with Gasteiger partial charge in [-0.3, -0.25) is 0 Å². The van der Waals surface area contributed by atoms with Crippen molar-refractivity contribution in [3.05, 3.63) is 70.8 Å². The van der Waals surface area contributed by atoms with E-state index >= 15 is 0 Å². The van der Waals surface area contributed by atoms with Gasteiger partial charge >= 0.3 is 5.97 Å². The number of rotatable bonds is 3. The Hall–Kier alpha value is -2.17. The minimum atomic E-state index is -1.74. The summed E-state index contributed by atoms with van der Waals surface area (Å²) in [4.78, 5) is 14.7. The molecule has 0 aromatic heterocycles. The lowest BCUT2D eigenvalue weighted by Gasteiger charge is -2.32. The molecular weight excluding hydrogens is 338 g/mol. The molecule has 0 saturated carbocycles. The van der Waals surface area contributed by atoms with Crippen LogP contribution in [0.1, 0.15) is 41.5 Å². The Morgan fingerprint density at radius 1 is 1.07 bits per heavy atom. The van der Waals surface area contributed by atoms with Crippen LogP contribution in [0.5, 0.6) is 0 Å². The first-order chi connectivity index (χ1) is 13.1. The van der Waals surface area contributed by atoms with E-state index in [9.17, 15) is 9.90 Å². The van der Waals surface area contributed by atoms with Gasteiger partial charge in [0.15, 0.2) is 0 Å². The number of quaternary nitrogens is 1. The summed E-state index contributed by atoms with van der Waals surface area (Å²) in [6, 6.07) is 15.7. The number of carbonyl (C=O) groups excluding carboxylic acids is 1. The van der Waals surface area contributed by atoms with Crippen molar-refractivity contribution in [2.45, 2.75) is 43.7 Å². The predicted octanol–water partition coefficient (Wildman–Crippen LogP) is 1.63. The summed E-state index contributed by atoms with van der Waals surface area (Å²) in [6.07, 6.45) is 5.07. The van der Waals surface area contributed by atoms with E-state index in [-0.39, 0.29) is 0 Å². The summed E-state index contributed by atoms with van der Waals surface area (Å²) in [5.41, 5.74) is 1.59. The van der Waals surface area contributed by atoms with Crippen molar-refractivity contribution >= 4 is 5.97 Å². The average molecular weight is 366 g/mol. The molecule has 4 heteroatoms. The lowest BCUT2D eigenvalue weighted by atomic mass is 9.83. The van der Waals surface area contributed by atoms with E-state index in [2.05, 4.69) is 7.05 Å². The Kier molecular flexibility index (Phi) is 5.02. The van der Waals surface area contributed by atoms with Gasteiger partial charge in [-0.05, 0) is 36.8 Å². The van der Waals surface area contributed by atoms with Crippen LogP contribution in [0.3, 0.4) is 0 Å². The maximum atomic E-state index is 13.3. The van der Waals surface area contributed by atoms with Gasteiger partial charge in [0.1, 0.15) is 12.6 Å². The molecule has 0 amide bonds. The molecule has 1 saturated heterocycles. The van der Waals surface area contributed by atoms with E-state index in [1.807, 2.05) is 48.5 Å². The van der Waals surface area contributed by atoms with Crippen LogP contribution in [0.2, 0.25) is 0 Å². The largest absolute Gasteiger partial charge is 0.457 e. The number of hydrogen-bond acceptors (Lipinski definition) is 3. The second-order valence-electron chi connectivity index (χ2n) is 7.91. The summed E-state index contributed by atoms with van der Waals surface area (Å²) in [6.45, 7) is 1.47. The number of nitrogens with one attached hydrogen (secondary N) is 1. The second kappa shape index (κ2) is 7.45. The Morgan fingerprint density at radius 2 is 1.67 bits per heavy atom. The van der Waals surface area contributed by atoms with Crippen molar-refractivity contribution in [3.8, 4) is 0 Å². The van der Waals surface area contributed by atoms with E-state index in [1.54, 1.807) is 0 Å². The summed E-state index contributed by atoms with van der Waals surface area (Å²) in [7, 11) is 2.16. The van der Waals surface area contributed by atoms with Gasteiger partial charge in [0.25, 0.3) is 0 Å². The molecule has 4 rings (SSSR count). The number of ether oxygens (including phenoxy) is 1.